The fourth-order valence-electron chi connectivity index (χ4n) is 1.31. The molecule has 90 valence electrons. The van der Waals surface area contributed by atoms with Crippen LogP contribution in [0.1, 0.15) is 25.5 Å². The number of nitrogens with zero attached hydrogens (tertiary/aromatic N) is 1. The molecular formula is C12H21N3O. The standard InChI is InChI=1S/C12H21N3O/c1-3-8-16-9-4-7-14-12-6-5-11(13)10(2)15-12/h5-6H,3-4,7-9,13H2,1-2H3,(H,14,15). The zero-order chi connectivity index (χ0) is 11.8. The summed E-state index contributed by atoms with van der Waals surface area (Å²) in [5.41, 5.74) is 7.29. The summed E-state index contributed by atoms with van der Waals surface area (Å²) in [5.74, 6) is 0.877. The van der Waals surface area contributed by atoms with Crippen LogP contribution in [0.15, 0.2) is 12.1 Å². The van der Waals surface area contributed by atoms with Gasteiger partial charge in [-0.15, -0.1) is 0 Å². The highest BCUT2D eigenvalue weighted by Gasteiger charge is 1.97. The van der Waals surface area contributed by atoms with Crippen LogP contribution in [0, 0.1) is 6.92 Å². The van der Waals surface area contributed by atoms with Crippen LogP contribution in [0.2, 0.25) is 0 Å². The first kappa shape index (κ1) is 12.8. The van der Waals surface area contributed by atoms with Crippen LogP contribution in [0.3, 0.4) is 0 Å². The molecule has 0 aliphatic rings. The maximum absolute atomic E-state index is 5.69. The molecule has 1 heterocycles. The molecule has 0 saturated carbocycles. The molecule has 1 aromatic rings. The van der Waals surface area contributed by atoms with Gasteiger partial charge in [-0.25, -0.2) is 4.98 Å². The molecule has 0 aliphatic heterocycles. The lowest BCUT2D eigenvalue weighted by atomic mass is 10.3. The van der Waals surface area contributed by atoms with E-state index in [-0.39, 0.29) is 0 Å². The molecule has 0 aromatic carbocycles. The predicted octanol–water partition coefficient (Wildman–Crippen LogP) is 2.20. The predicted molar refractivity (Wildman–Crippen MR) is 67.6 cm³/mol. The van der Waals surface area contributed by atoms with E-state index in [1.54, 1.807) is 0 Å². The van der Waals surface area contributed by atoms with Gasteiger partial charge < -0.3 is 15.8 Å². The third kappa shape index (κ3) is 4.49. The van der Waals surface area contributed by atoms with E-state index in [0.29, 0.717) is 0 Å². The number of rotatable bonds is 7. The molecule has 4 heteroatoms. The second-order valence-corrected chi connectivity index (χ2v) is 3.76. The van der Waals surface area contributed by atoms with Crippen molar-refractivity contribution >= 4 is 11.5 Å². The molecule has 0 saturated heterocycles. The number of anilines is 2. The van der Waals surface area contributed by atoms with Crippen LogP contribution in [-0.4, -0.2) is 24.7 Å². The number of nitrogens with two attached hydrogens (primary N) is 1. The largest absolute Gasteiger partial charge is 0.397 e. The SMILES string of the molecule is CCCOCCCNc1ccc(N)c(C)n1. The molecule has 16 heavy (non-hydrogen) atoms. The Morgan fingerprint density at radius 1 is 1.38 bits per heavy atom. The highest BCUT2D eigenvalue weighted by Crippen LogP contribution is 2.11. The molecule has 4 nitrogen and oxygen atoms in total. The lowest BCUT2D eigenvalue weighted by Gasteiger charge is -2.07. The van der Waals surface area contributed by atoms with Crippen LogP contribution in [0.5, 0.6) is 0 Å². The first-order valence-corrected chi connectivity index (χ1v) is 5.78. The van der Waals surface area contributed by atoms with Crippen molar-refractivity contribution < 1.29 is 4.74 Å². The topological polar surface area (TPSA) is 60.2 Å². The van der Waals surface area contributed by atoms with Crippen molar-refractivity contribution in [3.05, 3.63) is 17.8 Å². The zero-order valence-corrected chi connectivity index (χ0v) is 10.1. The van der Waals surface area contributed by atoms with Crippen molar-refractivity contribution in [1.82, 2.24) is 4.98 Å². The van der Waals surface area contributed by atoms with Gasteiger partial charge in [0.1, 0.15) is 5.82 Å². The molecule has 0 bridgehead atoms. The Labute approximate surface area is 97.2 Å². The van der Waals surface area contributed by atoms with E-state index < -0.39 is 0 Å². The molecule has 0 atom stereocenters. The normalized spacial score (nSPS) is 10.4. The van der Waals surface area contributed by atoms with E-state index >= 15 is 0 Å². The Morgan fingerprint density at radius 2 is 2.19 bits per heavy atom. The third-order valence-corrected chi connectivity index (χ3v) is 2.25. The van der Waals surface area contributed by atoms with Gasteiger partial charge in [-0.3, -0.25) is 0 Å². The second kappa shape index (κ2) is 7.06. The lowest BCUT2D eigenvalue weighted by molar-refractivity contribution is 0.134. The Balaban J connectivity index is 2.19. The molecule has 0 spiro atoms. The summed E-state index contributed by atoms with van der Waals surface area (Å²) in [5, 5.41) is 3.24. The zero-order valence-electron chi connectivity index (χ0n) is 10.1. The van der Waals surface area contributed by atoms with Crippen LogP contribution in [-0.2, 0) is 4.74 Å². The van der Waals surface area contributed by atoms with Crippen LogP contribution in [0.4, 0.5) is 11.5 Å². The average Bonchev–Trinajstić information content (AvgIpc) is 2.28. The smallest absolute Gasteiger partial charge is 0.126 e. The van der Waals surface area contributed by atoms with Gasteiger partial charge in [0.15, 0.2) is 0 Å². The Morgan fingerprint density at radius 3 is 2.88 bits per heavy atom. The summed E-state index contributed by atoms with van der Waals surface area (Å²) in [4.78, 5) is 4.33. The van der Waals surface area contributed by atoms with Crippen molar-refractivity contribution in [2.45, 2.75) is 26.7 Å². The quantitative estimate of drug-likeness (QED) is 0.696. The van der Waals surface area contributed by atoms with Gasteiger partial charge in [-0.05, 0) is 31.9 Å². The summed E-state index contributed by atoms with van der Waals surface area (Å²) in [7, 11) is 0. The number of hydrogen-bond acceptors (Lipinski definition) is 4. The van der Waals surface area contributed by atoms with Gasteiger partial charge in [-0.1, -0.05) is 6.92 Å². The highest BCUT2D eigenvalue weighted by molar-refractivity contribution is 5.48. The number of aromatic nitrogens is 1. The minimum atomic E-state index is 0.733. The lowest BCUT2D eigenvalue weighted by Crippen LogP contribution is -2.08. The Kier molecular flexibility index (Phi) is 5.64. The van der Waals surface area contributed by atoms with E-state index in [4.69, 9.17) is 10.5 Å². The number of nitrogens with one attached hydrogen (secondary N) is 1. The molecule has 1 aromatic heterocycles. The van der Waals surface area contributed by atoms with Gasteiger partial charge in [-0.2, -0.15) is 0 Å². The van der Waals surface area contributed by atoms with E-state index in [1.165, 1.54) is 0 Å². The fourth-order valence-corrected chi connectivity index (χ4v) is 1.31. The van der Waals surface area contributed by atoms with Crippen LogP contribution < -0.4 is 11.1 Å². The van der Waals surface area contributed by atoms with Gasteiger partial charge in [0.05, 0.1) is 11.4 Å². The van der Waals surface area contributed by atoms with Crippen molar-refractivity contribution in [3.8, 4) is 0 Å². The van der Waals surface area contributed by atoms with Crippen molar-refractivity contribution in [3.63, 3.8) is 0 Å². The number of hydrogen-bond donors (Lipinski definition) is 2. The van der Waals surface area contributed by atoms with E-state index in [2.05, 4.69) is 17.2 Å². The molecule has 3 N–H and O–H groups in total. The number of aryl methyl sites for hydroxylation is 1. The van der Waals surface area contributed by atoms with Gasteiger partial charge >= 0.3 is 0 Å². The monoisotopic (exact) mass is 223 g/mol. The third-order valence-electron chi connectivity index (χ3n) is 2.25. The Bertz CT molecular complexity index is 315. The van der Waals surface area contributed by atoms with Crippen molar-refractivity contribution in [1.29, 1.82) is 0 Å². The van der Waals surface area contributed by atoms with Gasteiger partial charge in [0, 0.05) is 19.8 Å². The summed E-state index contributed by atoms with van der Waals surface area (Å²) >= 11 is 0. The summed E-state index contributed by atoms with van der Waals surface area (Å²) in [6, 6.07) is 3.77. The first-order valence-electron chi connectivity index (χ1n) is 5.78. The van der Waals surface area contributed by atoms with E-state index in [1.807, 2.05) is 19.1 Å². The summed E-state index contributed by atoms with van der Waals surface area (Å²) < 4.78 is 5.38. The number of nitrogen functional groups attached to an aromatic ring is 1. The minimum absolute atomic E-state index is 0.733. The maximum atomic E-state index is 5.69. The van der Waals surface area contributed by atoms with E-state index in [9.17, 15) is 0 Å². The summed E-state index contributed by atoms with van der Waals surface area (Å²) in [6.07, 6.45) is 2.07. The second-order valence-electron chi connectivity index (χ2n) is 3.76. The molecule has 0 fully saturated rings. The molecule has 0 radical (unpaired) electrons. The van der Waals surface area contributed by atoms with Crippen molar-refractivity contribution in [2.75, 3.05) is 30.8 Å². The fraction of sp³-hybridized carbons (Fsp3) is 0.583. The van der Waals surface area contributed by atoms with Crippen molar-refractivity contribution in [2.24, 2.45) is 0 Å². The molecule has 1 rings (SSSR count). The highest BCUT2D eigenvalue weighted by atomic mass is 16.5. The average molecular weight is 223 g/mol. The number of ether oxygens (including phenoxy) is 1. The number of pyridine rings is 1. The molecule has 0 aliphatic carbocycles. The molecular weight excluding hydrogens is 202 g/mol. The Hall–Kier alpha value is -1.29. The van der Waals surface area contributed by atoms with Gasteiger partial charge in [0.25, 0.3) is 0 Å². The summed E-state index contributed by atoms with van der Waals surface area (Å²) in [6.45, 7) is 6.54. The van der Waals surface area contributed by atoms with E-state index in [0.717, 1.165) is 49.8 Å². The molecule has 0 amide bonds. The van der Waals surface area contributed by atoms with Crippen LogP contribution in [0.25, 0.3) is 0 Å². The maximum Gasteiger partial charge on any atom is 0.126 e. The minimum Gasteiger partial charge on any atom is -0.397 e. The van der Waals surface area contributed by atoms with Gasteiger partial charge in [0.2, 0.25) is 0 Å². The van der Waals surface area contributed by atoms with Crippen LogP contribution >= 0.6 is 0 Å². The first-order chi connectivity index (χ1) is 7.74. The molecule has 0 unspecified atom stereocenters.